The molecule has 4 nitrogen and oxygen atoms in total. The van der Waals surface area contributed by atoms with E-state index in [4.69, 9.17) is 11.6 Å². The van der Waals surface area contributed by atoms with E-state index in [9.17, 15) is 4.79 Å². The molecule has 2 aromatic heterocycles. The summed E-state index contributed by atoms with van der Waals surface area (Å²) in [6.45, 7) is 4.50. The van der Waals surface area contributed by atoms with Crippen molar-refractivity contribution in [3.63, 3.8) is 0 Å². The standard InChI is InChI=1S/C13H14ClN3OS/c1-8(2)11-3-9(4-12(14)17-11)13(18)16-6-10-5-15-7-19-10/h3-5,7-8H,6H2,1-2H3,(H,16,18). The first-order valence-electron chi connectivity index (χ1n) is 5.89. The summed E-state index contributed by atoms with van der Waals surface area (Å²) in [5.41, 5.74) is 3.09. The summed E-state index contributed by atoms with van der Waals surface area (Å²) >= 11 is 7.45. The zero-order valence-corrected chi connectivity index (χ0v) is 12.3. The Balaban J connectivity index is 2.10. The molecular formula is C13H14ClN3OS. The van der Waals surface area contributed by atoms with Crippen molar-refractivity contribution in [2.45, 2.75) is 26.3 Å². The molecule has 2 rings (SSSR count). The lowest BCUT2D eigenvalue weighted by Crippen LogP contribution is -2.22. The summed E-state index contributed by atoms with van der Waals surface area (Å²) < 4.78 is 0. The van der Waals surface area contributed by atoms with Crippen LogP contribution in [0.25, 0.3) is 0 Å². The number of nitrogens with one attached hydrogen (secondary N) is 1. The molecular weight excluding hydrogens is 282 g/mol. The van der Waals surface area contributed by atoms with Crippen LogP contribution < -0.4 is 5.32 Å². The molecule has 0 aromatic carbocycles. The number of halogens is 1. The number of pyridine rings is 1. The molecule has 0 saturated carbocycles. The summed E-state index contributed by atoms with van der Waals surface area (Å²) in [5.74, 6) is 0.0753. The van der Waals surface area contributed by atoms with Gasteiger partial charge in [-0.25, -0.2) is 4.98 Å². The van der Waals surface area contributed by atoms with Crippen molar-refractivity contribution >= 4 is 28.8 Å². The molecule has 0 fully saturated rings. The lowest BCUT2D eigenvalue weighted by molar-refractivity contribution is 0.0951. The number of nitrogens with zero attached hydrogens (tertiary/aromatic N) is 2. The van der Waals surface area contributed by atoms with E-state index in [1.807, 2.05) is 13.8 Å². The monoisotopic (exact) mass is 295 g/mol. The fraction of sp³-hybridized carbons (Fsp3) is 0.308. The highest BCUT2D eigenvalue weighted by Gasteiger charge is 2.11. The Morgan fingerprint density at radius 1 is 1.47 bits per heavy atom. The molecule has 0 aliphatic carbocycles. The zero-order chi connectivity index (χ0) is 13.8. The average Bonchev–Trinajstić information content (AvgIpc) is 2.88. The molecule has 2 heterocycles. The van der Waals surface area contributed by atoms with Crippen LogP contribution in [-0.4, -0.2) is 15.9 Å². The van der Waals surface area contributed by atoms with Gasteiger partial charge in [0.1, 0.15) is 5.15 Å². The predicted octanol–water partition coefficient (Wildman–Crippen LogP) is 3.24. The van der Waals surface area contributed by atoms with Gasteiger partial charge in [0.2, 0.25) is 0 Å². The van der Waals surface area contributed by atoms with Crippen LogP contribution in [0.2, 0.25) is 5.15 Å². The van der Waals surface area contributed by atoms with Crippen LogP contribution in [0.4, 0.5) is 0 Å². The van der Waals surface area contributed by atoms with Crippen molar-refractivity contribution in [3.05, 3.63) is 45.1 Å². The van der Waals surface area contributed by atoms with Crippen LogP contribution in [0.3, 0.4) is 0 Å². The minimum atomic E-state index is -0.153. The quantitative estimate of drug-likeness (QED) is 0.881. The predicted molar refractivity (Wildman–Crippen MR) is 76.6 cm³/mol. The smallest absolute Gasteiger partial charge is 0.251 e. The van der Waals surface area contributed by atoms with Crippen molar-refractivity contribution in [1.82, 2.24) is 15.3 Å². The van der Waals surface area contributed by atoms with Crippen molar-refractivity contribution in [2.24, 2.45) is 0 Å². The van der Waals surface area contributed by atoms with Gasteiger partial charge in [0.25, 0.3) is 5.91 Å². The SMILES string of the molecule is CC(C)c1cc(C(=O)NCc2cncs2)cc(Cl)n1. The molecule has 0 saturated heterocycles. The highest BCUT2D eigenvalue weighted by atomic mass is 35.5. The second kappa shape index (κ2) is 6.12. The first-order valence-corrected chi connectivity index (χ1v) is 7.15. The lowest BCUT2D eigenvalue weighted by Gasteiger charge is -2.08. The van der Waals surface area contributed by atoms with Crippen LogP contribution in [0.1, 0.15) is 40.7 Å². The van der Waals surface area contributed by atoms with Gasteiger partial charge in [0, 0.05) is 22.3 Å². The molecule has 0 spiro atoms. The van der Waals surface area contributed by atoms with Crippen LogP contribution in [0.5, 0.6) is 0 Å². The third-order valence-electron chi connectivity index (χ3n) is 2.57. The largest absolute Gasteiger partial charge is 0.347 e. The first kappa shape index (κ1) is 14.0. The number of aromatic nitrogens is 2. The van der Waals surface area contributed by atoms with Crippen molar-refractivity contribution in [1.29, 1.82) is 0 Å². The van der Waals surface area contributed by atoms with Gasteiger partial charge < -0.3 is 5.32 Å². The van der Waals surface area contributed by atoms with E-state index in [0.717, 1.165) is 10.6 Å². The number of hydrogen-bond acceptors (Lipinski definition) is 4. The van der Waals surface area contributed by atoms with Crippen molar-refractivity contribution in [2.75, 3.05) is 0 Å². The Labute approximate surface area is 120 Å². The van der Waals surface area contributed by atoms with E-state index in [1.165, 1.54) is 11.3 Å². The second-order valence-electron chi connectivity index (χ2n) is 4.41. The van der Waals surface area contributed by atoms with Gasteiger partial charge in [-0.05, 0) is 18.1 Å². The maximum atomic E-state index is 12.1. The highest BCUT2D eigenvalue weighted by molar-refractivity contribution is 7.09. The molecule has 0 aliphatic heterocycles. The van der Waals surface area contributed by atoms with Gasteiger partial charge in [-0.2, -0.15) is 0 Å². The summed E-state index contributed by atoms with van der Waals surface area (Å²) in [7, 11) is 0. The Bertz CT molecular complexity index is 569. The van der Waals surface area contributed by atoms with Gasteiger partial charge in [0.05, 0.1) is 12.1 Å². The van der Waals surface area contributed by atoms with Gasteiger partial charge in [0.15, 0.2) is 0 Å². The molecule has 0 unspecified atom stereocenters. The van der Waals surface area contributed by atoms with E-state index < -0.39 is 0 Å². The minimum Gasteiger partial charge on any atom is -0.347 e. The topological polar surface area (TPSA) is 54.9 Å². The molecule has 0 bridgehead atoms. The molecule has 1 N–H and O–H groups in total. The second-order valence-corrected chi connectivity index (χ2v) is 5.77. The summed E-state index contributed by atoms with van der Waals surface area (Å²) in [6, 6.07) is 3.36. The van der Waals surface area contributed by atoms with Gasteiger partial charge in [-0.15, -0.1) is 11.3 Å². The Kier molecular flexibility index (Phi) is 4.50. The van der Waals surface area contributed by atoms with Crippen LogP contribution in [-0.2, 0) is 6.54 Å². The number of amides is 1. The van der Waals surface area contributed by atoms with Gasteiger partial charge in [-0.3, -0.25) is 9.78 Å². The molecule has 0 aliphatic rings. The number of thiazole rings is 1. The van der Waals surface area contributed by atoms with Crippen LogP contribution in [0, 0.1) is 0 Å². The van der Waals surface area contributed by atoms with Crippen LogP contribution in [0.15, 0.2) is 23.8 Å². The number of carbonyl (C=O) groups is 1. The van der Waals surface area contributed by atoms with Gasteiger partial charge >= 0.3 is 0 Å². The normalized spacial score (nSPS) is 10.7. The summed E-state index contributed by atoms with van der Waals surface area (Å²) in [5, 5.41) is 3.18. The van der Waals surface area contributed by atoms with E-state index in [1.54, 1.807) is 23.8 Å². The maximum Gasteiger partial charge on any atom is 0.251 e. The lowest BCUT2D eigenvalue weighted by atomic mass is 10.1. The number of hydrogen-bond donors (Lipinski definition) is 1. The maximum absolute atomic E-state index is 12.1. The molecule has 0 radical (unpaired) electrons. The van der Waals surface area contributed by atoms with Crippen LogP contribution >= 0.6 is 22.9 Å². The minimum absolute atomic E-state index is 0.153. The first-order chi connectivity index (χ1) is 9.06. The van der Waals surface area contributed by atoms with E-state index >= 15 is 0 Å². The molecule has 19 heavy (non-hydrogen) atoms. The van der Waals surface area contributed by atoms with Gasteiger partial charge in [-0.1, -0.05) is 25.4 Å². The highest BCUT2D eigenvalue weighted by Crippen LogP contribution is 2.17. The van der Waals surface area contributed by atoms with E-state index in [-0.39, 0.29) is 11.8 Å². The third-order valence-corrected chi connectivity index (χ3v) is 3.55. The molecule has 6 heteroatoms. The summed E-state index contributed by atoms with van der Waals surface area (Å²) in [6.07, 6.45) is 1.74. The summed E-state index contributed by atoms with van der Waals surface area (Å²) in [4.78, 5) is 21.2. The Morgan fingerprint density at radius 2 is 2.26 bits per heavy atom. The molecule has 0 atom stereocenters. The molecule has 100 valence electrons. The third kappa shape index (κ3) is 3.75. The fourth-order valence-corrected chi connectivity index (χ4v) is 2.29. The number of carbonyl (C=O) groups excluding carboxylic acids is 1. The number of rotatable bonds is 4. The zero-order valence-electron chi connectivity index (χ0n) is 10.7. The van der Waals surface area contributed by atoms with E-state index in [0.29, 0.717) is 17.3 Å². The van der Waals surface area contributed by atoms with Crippen molar-refractivity contribution in [3.8, 4) is 0 Å². The van der Waals surface area contributed by atoms with E-state index in [2.05, 4.69) is 15.3 Å². The Hall–Kier alpha value is -1.46. The Morgan fingerprint density at radius 3 is 2.89 bits per heavy atom. The fourth-order valence-electron chi connectivity index (χ4n) is 1.54. The molecule has 2 aromatic rings. The molecule has 1 amide bonds. The average molecular weight is 296 g/mol. The van der Waals surface area contributed by atoms with Crippen molar-refractivity contribution < 1.29 is 4.79 Å².